The van der Waals surface area contributed by atoms with E-state index in [1.54, 1.807) is 0 Å². The van der Waals surface area contributed by atoms with Crippen LogP contribution in [0.4, 0.5) is 0 Å². The van der Waals surface area contributed by atoms with Gasteiger partial charge in [-0.25, -0.2) is 4.98 Å². The van der Waals surface area contributed by atoms with E-state index in [0.29, 0.717) is 0 Å². The van der Waals surface area contributed by atoms with Crippen molar-refractivity contribution >= 4 is 12.4 Å². The second kappa shape index (κ2) is 7.25. The number of imidazole rings is 1. The Balaban J connectivity index is 0.00000176. The van der Waals surface area contributed by atoms with Crippen LogP contribution in [0.15, 0.2) is 60.8 Å². The molecule has 3 aromatic rings. The molecule has 114 valence electrons. The normalized spacial score (nSPS) is 11.7. The van der Waals surface area contributed by atoms with Crippen molar-refractivity contribution in [3.8, 4) is 22.4 Å². The molecular weight excluding hydrogens is 294 g/mol. The van der Waals surface area contributed by atoms with Crippen LogP contribution in [0.3, 0.4) is 0 Å². The van der Waals surface area contributed by atoms with E-state index in [0.717, 1.165) is 23.5 Å². The first-order valence-corrected chi connectivity index (χ1v) is 7.24. The van der Waals surface area contributed by atoms with Gasteiger partial charge >= 0.3 is 0 Å². The van der Waals surface area contributed by atoms with Gasteiger partial charge in [-0.05, 0) is 23.1 Å². The summed E-state index contributed by atoms with van der Waals surface area (Å²) in [4.78, 5) is 7.67. The van der Waals surface area contributed by atoms with Gasteiger partial charge in [0.25, 0.3) is 0 Å². The maximum Gasteiger partial charge on any atom is 0.123 e. The van der Waals surface area contributed by atoms with Crippen LogP contribution in [0.2, 0.25) is 0 Å². The highest BCUT2D eigenvalue weighted by Gasteiger charge is 2.09. The van der Waals surface area contributed by atoms with Gasteiger partial charge in [0.05, 0.1) is 17.9 Å². The minimum atomic E-state index is -0.0256. The van der Waals surface area contributed by atoms with Crippen LogP contribution in [0.25, 0.3) is 22.4 Å². The summed E-state index contributed by atoms with van der Waals surface area (Å²) < 4.78 is 0. The molecule has 1 heterocycles. The minimum absolute atomic E-state index is 0. The van der Waals surface area contributed by atoms with Crippen LogP contribution >= 0.6 is 12.4 Å². The predicted molar refractivity (Wildman–Crippen MR) is 93.9 cm³/mol. The van der Waals surface area contributed by atoms with Crippen molar-refractivity contribution in [1.29, 1.82) is 0 Å². The van der Waals surface area contributed by atoms with Crippen LogP contribution in [-0.4, -0.2) is 9.97 Å². The summed E-state index contributed by atoms with van der Waals surface area (Å²) in [5.74, 6) is 0.847. The molecule has 3 rings (SSSR count). The van der Waals surface area contributed by atoms with Gasteiger partial charge in [-0.15, -0.1) is 12.4 Å². The van der Waals surface area contributed by atoms with Crippen molar-refractivity contribution < 1.29 is 0 Å². The Hall–Kier alpha value is -2.10. The number of H-pyrrole nitrogens is 1. The monoisotopic (exact) mass is 313 g/mol. The molecule has 0 fully saturated rings. The van der Waals surface area contributed by atoms with Crippen molar-refractivity contribution in [3.63, 3.8) is 0 Å². The average Bonchev–Trinajstić information content (AvgIpc) is 3.05. The van der Waals surface area contributed by atoms with E-state index < -0.39 is 0 Å². The summed E-state index contributed by atoms with van der Waals surface area (Å²) in [6.07, 6.45) is 2.72. The molecule has 0 saturated heterocycles. The van der Waals surface area contributed by atoms with E-state index in [2.05, 4.69) is 65.4 Å². The van der Waals surface area contributed by atoms with Gasteiger partial charge in [0, 0.05) is 0 Å². The summed E-state index contributed by atoms with van der Waals surface area (Å²) in [5, 5.41) is 0. The van der Waals surface area contributed by atoms with Crippen LogP contribution < -0.4 is 5.73 Å². The summed E-state index contributed by atoms with van der Waals surface area (Å²) >= 11 is 0. The molecule has 1 atom stereocenters. The smallest absolute Gasteiger partial charge is 0.123 e. The summed E-state index contributed by atoms with van der Waals surface area (Å²) in [7, 11) is 0. The quantitative estimate of drug-likeness (QED) is 0.741. The zero-order valence-corrected chi connectivity index (χ0v) is 13.3. The molecule has 22 heavy (non-hydrogen) atoms. The molecule has 0 aliphatic heterocycles. The van der Waals surface area contributed by atoms with Crippen LogP contribution in [0, 0.1) is 0 Å². The molecule has 2 aromatic carbocycles. The summed E-state index contributed by atoms with van der Waals surface area (Å²) in [6.45, 7) is 2.06. The molecule has 0 spiro atoms. The molecular formula is C18H20ClN3. The third kappa shape index (κ3) is 3.38. The Morgan fingerprint density at radius 3 is 2.18 bits per heavy atom. The number of nitrogens with one attached hydrogen (secondary N) is 1. The summed E-state index contributed by atoms with van der Waals surface area (Å²) in [6, 6.07) is 18.8. The number of hydrogen-bond donors (Lipinski definition) is 2. The fourth-order valence-electron chi connectivity index (χ4n) is 2.34. The number of nitrogens with two attached hydrogens (primary N) is 1. The van der Waals surface area contributed by atoms with E-state index >= 15 is 0 Å². The van der Waals surface area contributed by atoms with Crippen molar-refractivity contribution in [2.75, 3.05) is 0 Å². The van der Waals surface area contributed by atoms with E-state index in [9.17, 15) is 0 Å². The maximum absolute atomic E-state index is 5.99. The highest BCUT2D eigenvalue weighted by Crippen LogP contribution is 2.24. The zero-order valence-electron chi connectivity index (χ0n) is 12.5. The Kier molecular flexibility index (Phi) is 5.36. The molecule has 0 aliphatic rings. The van der Waals surface area contributed by atoms with E-state index in [-0.39, 0.29) is 18.4 Å². The number of aromatic amines is 1. The Bertz CT molecular complexity index is 705. The van der Waals surface area contributed by atoms with Crippen molar-refractivity contribution in [1.82, 2.24) is 9.97 Å². The first-order valence-electron chi connectivity index (χ1n) is 7.24. The fourth-order valence-corrected chi connectivity index (χ4v) is 2.34. The third-order valence-electron chi connectivity index (χ3n) is 3.69. The van der Waals surface area contributed by atoms with E-state index in [1.165, 1.54) is 11.1 Å². The van der Waals surface area contributed by atoms with Gasteiger partial charge in [-0.1, -0.05) is 61.5 Å². The number of halogens is 1. The first kappa shape index (κ1) is 16.3. The molecule has 0 radical (unpaired) electrons. The Morgan fingerprint density at radius 1 is 0.955 bits per heavy atom. The Morgan fingerprint density at radius 2 is 1.55 bits per heavy atom. The fraction of sp³-hybridized carbons (Fsp3) is 0.167. The Labute approximate surface area is 137 Å². The van der Waals surface area contributed by atoms with Gasteiger partial charge in [-0.2, -0.15) is 0 Å². The molecule has 4 heteroatoms. The van der Waals surface area contributed by atoms with Crippen molar-refractivity contribution in [2.45, 2.75) is 19.4 Å². The van der Waals surface area contributed by atoms with Crippen molar-refractivity contribution in [3.05, 3.63) is 66.6 Å². The molecule has 0 amide bonds. The highest BCUT2D eigenvalue weighted by molar-refractivity contribution is 5.85. The number of hydrogen-bond acceptors (Lipinski definition) is 2. The molecule has 0 bridgehead atoms. The lowest BCUT2D eigenvalue weighted by atomic mass is 10.0. The number of benzene rings is 2. The standard InChI is InChI=1S/C18H19N3.ClH/c1-2-16(19)18-20-12-17(21-18)15-10-8-14(9-11-15)13-6-4-3-5-7-13;/h3-12,16H,2,19H2,1H3,(H,20,21);1H/t16-;/m0./s1. The largest absolute Gasteiger partial charge is 0.341 e. The second-order valence-corrected chi connectivity index (χ2v) is 5.14. The lowest BCUT2D eigenvalue weighted by Gasteiger charge is -2.05. The topological polar surface area (TPSA) is 54.7 Å². The highest BCUT2D eigenvalue weighted by atomic mass is 35.5. The molecule has 1 aromatic heterocycles. The maximum atomic E-state index is 5.99. The van der Waals surface area contributed by atoms with E-state index in [4.69, 9.17) is 5.73 Å². The van der Waals surface area contributed by atoms with Crippen LogP contribution in [0.1, 0.15) is 25.2 Å². The predicted octanol–water partition coefficient (Wildman–Crippen LogP) is 4.58. The lowest BCUT2D eigenvalue weighted by Crippen LogP contribution is -2.10. The van der Waals surface area contributed by atoms with Crippen LogP contribution in [-0.2, 0) is 0 Å². The number of nitrogens with zero attached hydrogens (tertiary/aromatic N) is 1. The zero-order chi connectivity index (χ0) is 14.7. The molecule has 3 nitrogen and oxygen atoms in total. The van der Waals surface area contributed by atoms with Gasteiger partial charge in [0.2, 0.25) is 0 Å². The first-order chi connectivity index (χ1) is 10.3. The number of aromatic nitrogens is 2. The molecule has 0 saturated carbocycles. The summed E-state index contributed by atoms with van der Waals surface area (Å²) in [5.41, 5.74) is 10.6. The van der Waals surface area contributed by atoms with Crippen LogP contribution in [0.5, 0.6) is 0 Å². The molecule has 3 N–H and O–H groups in total. The second-order valence-electron chi connectivity index (χ2n) is 5.14. The minimum Gasteiger partial charge on any atom is -0.341 e. The third-order valence-corrected chi connectivity index (χ3v) is 3.69. The number of rotatable bonds is 4. The van der Waals surface area contributed by atoms with E-state index in [1.807, 2.05) is 12.3 Å². The lowest BCUT2D eigenvalue weighted by molar-refractivity contribution is 0.658. The van der Waals surface area contributed by atoms with Gasteiger partial charge in [0.15, 0.2) is 0 Å². The SMILES string of the molecule is CC[C@H](N)c1ncc(-c2ccc(-c3ccccc3)cc2)[nH]1.Cl. The van der Waals surface area contributed by atoms with Crippen molar-refractivity contribution in [2.24, 2.45) is 5.73 Å². The van der Waals surface area contributed by atoms with Gasteiger partial charge < -0.3 is 10.7 Å². The van der Waals surface area contributed by atoms with Gasteiger partial charge in [0.1, 0.15) is 5.82 Å². The van der Waals surface area contributed by atoms with Gasteiger partial charge in [-0.3, -0.25) is 0 Å². The molecule has 0 aliphatic carbocycles. The average molecular weight is 314 g/mol. The molecule has 0 unspecified atom stereocenters.